The minimum atomic E-state index is -1.04. The van der Waals surface area contributed by atoms with Crippen LogP contribution < -0.4 is 4.90 Å². The zero-order chi connectivity index (χ0) is 25.2. The summed E-state index contributed by atoms with van der Waals surface area (Å²) >= 11 is 7.25. The number of benzene rings is 3. The molecule has 36 heavy (non-hydrogen) atoms. The number of nitrogens with zero attached hydrogens (tertiary/aromatic N) is 4. The Morgan fingerprint density at radius 2 is 1.53 bits per heavy atom. The lowest BCUT2D eigenvalue weighted by molar-refractivity contribution is -0.122. The van der Waals surface area contributed by atoms with E-state index in [0.29, 0.717) is 32.8 Å². The number of carbonyl (C=O) groups excluding carboxylic acids is 3. The van der Waals surface area contributed by atoms with E-state index in [1.807, 2.05) is 49.4 Å². The molecule has 0 bridgehead atoms. The molecule has 0 fully saturated rings. The molecular formula is C27H21ClN4O3S. The van der Waals surface area contributed by atoms with Gasteiger partial charge in [-0.2, -0.15) is 0 Å². The molecule has 2 heterocycles. The molecule has 0 N–H and O–H groups in total. The Labute approximate surface area is 217 Å². The van der Waals surface area contributed by atoms with Crippen molar-refractivity contribution in [2.24, 2.45) is 0 Å². The third kappa shape index (κ3) is 4.41. The fourth-order valence-electron chi connectivity index (χ4n) is 4.22. The van der Waals surface area contributed by atoms with Crippen LogP contribution in [0.4, 0.5) is 5.13 Å². The second-order valence-electron chi connectivity index (χ2n) is 8.21. The second kappa shape index (κ2) is 10.0. The van der Waals surface area contributed by atoms with Gasteiger partial charge in [0.25, 0.3) is 17.7 Å². The number of likely N-dealkylation sites (N-methyl/N-ethyl adjacent to an activating group) is 1. The monoisotopic (exact) mass is 516 g/mol. The van der Waals surface area contributed by atoms with Crippen LogP contribution in [-0.4, -0.2) is 45.4 Å². The van der Waals surface area contributed by atoms with E-state index in [-0.39, 0.29) is 6.42 Å². The average molecular weight is 517 g/mol. The van der Waals surface area contributed by atoms with Gasteiger partial charge in [0.15, 0.2) is 0 Å². The zero-order valence-corrected chi connectivity index (χ0v) is 20.9. The smallest absolute Gasteiger partial charge is 0.262 e. The van der Waals surface area contributed by atoms with Crippen LogP contribution in [-0.2, 0) is 11.2 Å². The van der Waals surface area contributed by atoms with E-state index >= 15 is 0 Å². The Kier molecular flexibility index (Phi) is 6.63. The molecule has 3 aromatic carbocycles. The van der Waals surface area contributed by atoms with Gasteiger partial charge in [0, 0.05) is 23.6 Å². The molecule has 0 radical (unpaired) electrons. The van der Waals surface area contributed by atoms with Crippen molar-refractivity contribution in [1.29, 1.82) is 0 Å². The van der Waals surface area contributed by atoms with Gasteiger partial charge < -0.3 is 0 Å². The van der Waals surface area contributed by atoms with Crippen LogP contribution >= 0.6 is 22.9 Å². The maximum atomic E-state index is 14.0. The summed E-state index contributed by atoms with van der Waals surface area (Å²) in [4.78, 5) is 43.2. The molecule has 1 aliphatic heterocycles. The molecule has 0 saturated carbocycles. The van der Waals surface area contributed by atoms with Crippen LogP contribution in [0, 0.1) is 0 Å². The molecule has 4 aromatic rings. The van der Waals surface area contributed by atoms with Crippen LogP contribution in [0.2, 0.25) is 5.02 Å². The van der Waals surface area contributed by atoms with Crippen LogP contribution in [0.5, 0.6) is 0 Å². The highest BCUT2D eigenvalue weighted by Gasteiger charge is 2.44. The lowest BCUT2D eigenvalue weighted by Gasteiger charge is -2.29. The predicted octanol–water partition coefficient (Wildman–Crippen LogP) is 5.12. The summed E-state index contributed by atoms with van der Waals surface area (Å²) in [6, 6.07) is 22.1. The Morgan fingerprint density at radius 3 is 2.14 bits per heavy atom. The summed E-state index contributed by atoms with van der Waals surface area (Å²) < 4.78 is 0. The van der Waals surface area contributed by atoms with E-state index < -0.39 is 23.8 Å². The molecule has 1 unspecified atom stereocenters. The molecule has 0 spiro atoms. The third-order valence-electron chi connectivity index (χ3n) is 6.01. The lowest BCUT2D eigenvalue weighted by atomic mass is 10.0. The molecule has 180 valence electrons. The van der Waals surface area contributed by atoms with Gasteiger partial charge >= 0.3 is 0 Å². The molecule has 7 nitrogen and oxygen atoms in total. The van der Waals surface area contributed by atoms with Gasteiger partial charge in [0.05, 0.1) is 11.1 Å². The highest BCUT2D eigenvalue weighted by atomic mass is 35.5. The van der Waals surface area contributed by atoms with E-state index in [1.165, 1.54) is 16.2 Å². The number of amides is 3. The minimum Gasteiger partial charge on any atom is -0.285 e. The third-order valence-corrected chi connectivity index (χ3v) is 7.26. The molecule has 0 saturated heterocycles. The SMILES string of the molecule is CCN(C(=O)C(Cc1ccccc1)N1C(=O)c2ccccc2C1=O)c1nnc(-c2ccc(Cl)cc2)s1. The van der Waals surface area contributed by atoms with Crippen LogP contribution in [0.3, 0.4) is 0 Å². The number of fused-ring (bicyclic) bond motifs is 1. The summed E-state index contributed by atoms with van der Waals surface area (Å²) in [5.74, 6) is -1.34. The van der Waals surface area contributed by atoms with E-state index in [9.17, 15) is 14.4 Å². The standard InChI is InChI=1S/C27H21ClN4O3S/c1-2-31(27-30-29-23(36-27)18-12-14-19(28)15-13-18)26(35)22(16-17-8-4-3-5-9-17)32-24(33)20-10-6-7-11-21(20)25(32)34/h3-15,22H,2,16H2,1H3. The number of halogens is 1. The largest absolute Gasteiger partial charge is 0.285 e. The number of carbonyl (C=O) groups is 3. The number of anilines is 1. The number of hydrogen-bond acceptors (Lipinski definition) is 6. The summed E-state index contributed by atoms with van der Waals surface area (Å²) in [6.07, 6.45) is 0.185. The highest BCUT2D eigenvalue weighted by molar-refractivity contribution is 7.18. The molecule has 9 heteroatoms. The topological polar surface area (TPSA) is 83.5 Å². The molecule has 3 amide bonds. The first kappa shape index (κ1) is 23.8. The first-order valence-electron chi connectivity index (χ1n) is 11.4. The maximum absolute atomic E-state index is 14.0. The molecule has 1 atom stereocenters. The summed E-state index contributed by atoms with van der Waals surface area (Å²) in [5, 5.41) is 10.1. The highest BCUT2D eigenvalue weighted by Crippen LogP contribution is 2.32. The second-order valence-corrected chi connectivity index (χ2v) is 9.60. The number of rotatable bonds is 7. The molecule has 1 aliphatic rings. The lowest BCUT2D eigenvalue weighted by Crippen LogP contribution is -2.52. The Hall–Kier alpha value is -3.88. The van der Waals surface area contributed by atoms with Gasteiger partial charge in [-0.1, -0.05) is 77.5 Å². The van der Waals surface area contributed by atoms with Gasteiger partial charge in [-0.15, -0.1) is 10.2 Å². The van der Waals surface area contributed by atoms with Crippen LogP contribution in [0.15, 0.2) is 78.9 Å². The quantitative estimate of drug-likeness (QED) is 0.318. The van der Waals surface area contributed by atoms with Crippen molar-refractivity contribution in [3.63, 3.8) is 0 Å². The van der Waals surface area contributed by atoms with Crippen molar-refractivity contribution >= 4 is 45.8 Å². The molecule has 1 aromatic heterocycles. The van der Waals surface area contributed by atoms with Crippen molar-refractivity contribution in [2.75, 3.05) is 11.4 Å². The normalized spacial score (nSPS) is 13.6. The summed E-state index contributed by atoms with van der Waals surface area (Å²) in [7, 11) is 0. The first-order chi connectivity index (χ1) is 17.5. The Bertz CT molecular complexity index is 1400. The van der Waals surface area contributed by atoms with Crippen molar-refractivity contribution in [2.45, 2.75) is 19.4 Å². The van der Waals surface area contributed by atoms with Crippen LogP contribution in [0.1, 0.15) is 33.2 Å². The Morgan fingerprint density at radius 1 is 0.917 bits per heavy atom. The maximum Gasteiger partial charge on any atom is 0.262 e. The Balaban J connectivity index is 1.50. The fourth-order valence-corrected chi connectivity index (χ4v) is 5.26. The van der Waals surface area contributed by atoms with Gasteiger partial charge in [0.1, 0.15) is 11.0 Å². The van der Waals surface area contributed by atoms with Gasteiger partial charge in [-0.25, -0.2) is 0 Å². The molecule has 5 rings (SSSR count). The number of aromatic nitrogens is 2. The number of imide groups is 1. The first-order valence-corrected chi connectivity index (χ1v) is 12.6. The van der Waals surface area contributed by atoms with Crippen molar-refractivity contribution < 1.29 is 14.4 Å². The van der Waals surface area contributed by atoms with Crippen molar-refractivity contribution in [3.05, 3.63) is 101 Å². The zero-order valence-electron chi connectivity index (χ0n) is 19.3. The predicted molar refractivity (Wildman–Crippen MR) is 139 cm³/mol. The van der Waals surface area contributed by atoms with Crippen LogP contribution in [0.25, 0.3) is 10.6 Å². The minimum absolute atomic E-state index is 0.185. The van der Waals surface area contributed by atoms with E-state index in [0.717, 1.165) is 16.0 Å². The number of hydrogen-bond donors (Lipinski definition) is 0. The van der Waals surface area contributed by atoms with Gasteiger partial charge in [0.2, 0.25) is 5.13 Å². The van der Waals surface area contributed by atoms with E-state index in [2.05, 4.69) is 10.2 Å². The van der Waals surface area contributed by atoms with Gasteiger partial charge in [-0.3, -0.25) is 24.2 Å². The average Bonchev–Trinajstić information content (AvgIpc) is 3.48. The fraction of sp³-hybridized carbons (Fsp3) is 0.148. The van der Waals surface area contributed by atoms with E-state index in [4.69, 9.17) is 11.6 Å². The van der Waals surface area contributed by atoms with Crippen molar-refractivity contribution in [1.82, 2.24) is 15.1 Å². The van der Waals surface area contributed by atoms with Gasteiger partial charge in [-0.05, 0) is 36.8 Å². The van der Waals surface area contributed by atoms with E-state index in [1.54, 1.807) is 36.4 Å². The molecule has 0 aliphatic carbocycles. The summed E-state index contributed by atoms with van der Waals surface area (Å²) in [6.45, 7) is 2.12. The summed E-state index contributed by atoms with van der Waals surface area (Å²) in [5.41, 5.74) is 2.27. The molecular weight excluding hydrogens is 496 g/mol. The van der Waals surface area contributed by atoms with Crippen molar-refractivity contribution in [3.8, 4) is 10.6 Å².